The van der Waals surface area contributed by atoms with Crippen molar-refractivity contribution >= 4 is 27.5 Å². The van der Waals surface area contributed by atoms with Gasteiger partial charge in [-0.2, -0.15) is 0 Å². The minimum atomic E-state index is -1.30. The van der Waals surface area contributed by atoms with E-state index in [1.807, 2.05) is 6.92 Å². The van der Waals surface area contributed by atoms with Crippen LogP contribution in [0.15, 0.2) is 0 Å². The summed E-state index contributed by atoms with van der Waals surface area (Å²) in [5.74, 6) is 0.569. The molecule has 4 rings (SSSR count). The van der Waals surface area contributed by atoms with E-state index in [0.29, 0.717) is 18.8 Å². The average molecular weight is 443 g/mol. The summed E-state index contributed by atoms with van der Waals surface area (Å²) < 4.78 is 14.8. The van der Waals surface area contributed by atoms with Crippen LogP contribution in [-0.4, -0.2) is 32.8 Å². The standard InChI is InChI=1S/C22H32BrFO3/c1-12-9-17-15-10-18(24)21(23)11-14(26)5-7-19(21,3)16(15)6-8-20(17,4)22(12,27)13(2)25/h12,15-18,27H,5-11H2,1-4H3/t12?,15-,16+,17+,18?,19-,20+,21?,22+/m1/s1. The van der Waals surface area contributed by atoms with E-state index >= 15 is 4.39 Å². The van der Waals surface area contributed by atoms with Gasteiger partial charge >= 0.3 is 0 Å². The van der Waals surface area contributed by atoms with Gasteiger partial charge < -0.3 is 5.11 Å². The van der Waals surface area contributed by atoms with Crippen molar-refractivity contribution in [1.29, 1.82) is 0 Å². The van der Waals surface area contributed by atoms with E-state index in [1.165, 1.54) is 6.92 Å². The maximum Gasteiger partial charge on any atom is 0.162 e. The Morgan fingerprint density at radius 2 is 1.85 bits per heavy atom. The normalized spacial score (nSPS) is 57.6. The molecular weight excluding hydrogens is 411 g/mol. The SMILES string of the molecule is CC(=O)[C@@]1(O)C(C)C[C@H]2[C@@H]3CC(F)C4(Br)CC(=O)CC[C@]4(C)[C@H]3CC[C@@]21C. The number of rotatable bonds is 1. The van der Waals surface area contributed by atoms with Gasteiger partial charge in [-0.1, -0.05) is 36.7 Å². The second-order valence-electron chi connectivity index (χ2n) is 10.5. The van der Waals surface area contributed by atoms with Crippen molar-refractivity contribution in [2.45, 2.75) is 88.7 Å². The van der Waals surface area contributed by atoms with Crippen molar-refractivity contribution in [2.75, 3.05) is 0 Å². The quantitative estimate of drug-likeness (QED) is 0.602. The van der Waals surface area contributed by atoms with Crippen molar-refractivity contribution < 1.29 is 19.1 Å². The molecule has 4 aliphatic carbocycles. The molecule has 1 N–H and O–H groups in total. The lowest BCUT2D eigenvalue weighted by molar-refractivity contribution is -0.175. The first-order chi connectivity index (χ1) is 12.4. The van der Waals surface area contributed by atoms with Crippen LogP contribution >= 0.6 is 15.9 Å². The third-order valence-electron chi connectivity index (χ3n) is 9.68. The monoisotopic (exact) mass is 442 g/mol. The van der Waals surface area contributed by atoms with Crippen molar-refractivity contribution in [1.82, 2.24) is 0 Å². The fraction of sp³-hybridized carbons (Fsp3) is 0.909. The second kappa shape index (κ2) is 5.87. The third kappa shape index (κ3) is 2.22. The van der Waals surface area contributed by atoms with E-state index in [1.54, 1.807) is 0 Å². The van der Waals surface area contributed by atoms with Crippen molar-refractivity contribution in [3.63, 3.8) is 0 Å². The van der Waals surface area contributed by atoms with Gasteiger partial charge in [0.15, 0.2) is 5.78 Å². The zero-order valence-electron chi connectivity index (χ0n) is 16.9. The van der Waals surface area contributed by atoms with Gasteiger partial charge in [0.2, 0.25) is 0 Å². The molecule has 152 valence electrons. The Hall–Kier alpha value is -0.290. The van der Waals surface area contributed by atoms with Crippen LogP contribution in [0.1, 0.15) is 72.6 Å². The number of halogens is 2. The maximum atomic E-state index is 15.6. The topological polar surface area (TPSA) is 54.4 Å². The van der Waals surface area contributed by atoms with Gasteiger partial charge in [0.1, 0.15) is 17.6 Å². The molecule has 4 saturated carbocycles. The summed E-state index contributed by atoms with van der Waals surface area (Å²) in [4.78, 5) is 24.6. The molecule has 0 spiro atoms. The Bertz CT molecular complexity index is 697. The summed E-state index contributed by atoms with van der Waals surface area (Å²) >= 11 is 3.74. The van der Waals surface area contributed by atoms with Crippen molar-refractivity contribution in [3.8, 4) is 0 Å². The summed E-state index contributed by atoms with van der Waals surface area (Å²) in [6.45, 7) is 7.72. The van der Waals surface area contributed by atoms with E-state index in [-0.39, 0.29) is 41.2 Å². The highest BCUT2D eigenvalue weighted by Crippen LogP contribution is 2.71. The van der Waals surface area contributed by atoms with Crippen LogP contribution < -0.4 is 0 Å². The molecule has 0 aromatic carbocycles. The van der Waals surface area contributed by atoms with Crippen LogP contribution in [0.2, 0.25) is 0 Å². The van der Waals surface area contributed by atoms with Crippen LogP contribution in [0.4, 0.5) is 4.39 Å². The Morgan fingerprint density at radius 3 is 2.48 bits per heavy atom. The summed E-state index contributed by atoms with van der Waals surface area (Å²) in [6.07, 6.45) is 3.38. The molecular formula is C22H32BrFO3. The van der Waals surface area contributed by atoms with E-state index in [2.05, 4.69) is 29.8 Å². The van der Waals surface area contributed by atoms with E-state index in [0.717, 1.165) is 25.7 Å². The fourth-order valence-corrected chi connectivity index (χ4v) is 9.06. The first-order valence-corrected chi connectivity index (χ1v) is 11.3. The molecule has 0 amide bonds. The molecule has 9 atom stereocenters. The molecule has 0 bridgehead atoms. The third-order valence-corrected chi connectivity index (χ3v) is 11.4. The molecule has 0 saturated heterocycles. The number of Topliss-reactive ketones (excluding diaryl/α,β-unsaturated/α-hetero) is 2. The average Bonchev–Trinajstić information content (AvgIpc) is 2.80. The van der Waals surface area contributed by atoms with Gasteiger partial charge in [0.25, 0.3) is 0 Å². The Labute approximate surface area is 170 Å². The largest absolute Gasteiger partial charge is 0.381 e. The molecule has 27 heavy (non-hydrogen) atoms. The van der Waals surface area contributed by atoms with Gasteiger partial charge in [-0.05, 0) is 68.1 Å². The lowest BCUT2D eigenvalue weighted by Gasteiger charge is -2.64. The molecule has 5 heteroatoms. The predicted molar refractivity (Wildman–Crippen MR) is 105 cm³/mol. The van der Waals surface area contributed by atoms with Crippen LogP contribution in [0.25, 0.3) is 0 Å². The minimum Gasteiger partial charge on any atom is -0.381 e. The molecule has 4 aliphatic rings. The number of ketones is 2. The maximum absolute atomic E-state index is 15.6. The summed E-state index contributed by atoms with van der Waals surface area (Å²) in [5.41, 5.74) is -2.04. The second-order valence-corrected chi connectivity index (χ2v) is 11.9. The van der Waals surface area contributed by atoms with Crippen LogP contribution in [0, 0.1) is 34.5 Å². The number of carbonyl (C=O) groups excluding carboxylic acids is 2. The minimum absolute atomic E-state index is 0.0989. The number of fused-ring (bicyclic) bond motifs is 5. The molecule has 3 unspecified atom stereocenters. The Balaban J connectivity index is 1.75. The highest BCUT2D eigenvalue weighted by atomic mass is 79.9. The van der Waals surface area contributed by atoms with Crippen LogP contribution in [-0.2, 0) is 9.59 Å². The van der Waals surface area contributed by atoms with Gasteiger partial charge in [0, 0.05) is 18.3 Å². The zero-order chi connectivity index (χ0) is 20.0. The molecule has 0 radical (unpaired) electrons. The lowest BCUT2D eigenvalue weighted by Crippen LogP contribution is -2.65. The smallest absolute Gasteiger partial charge is 0.162 e. The van der Waals surface area contributed by atoms with Crippen molar-refractivity contribution in [2.24, 2.45) is 34.5 Å². The lowest BCUT2D eigenvalue weighted by atomic mass is 9.44. The van der Waals surface area contributed by atoms with Gasteiger partial charge in [0.05, 0.1) is 4.32 Å². The first kappa shape index (κ1) is 20.0. The zero-order valence-corrected chi connectivity index (χ0v) is 18.4. The Morgan fingerprint density at radius 1 is 1.19 bits per heavy atom. The van der Waals surface area contributed by atoms with E-state index in [4.69, 9.17) is 0 Å². The fourth-order valence-electron chi connectivity index (χ4n) is 8.07. The molecule has 4 fully saturated rings. The summed E-state index contributed by atoms with van der Waals surface area (Å²) in [5, 5.41) is 11.4. The molecule has 3 nitrogen and oxygen atoms in total. The number of hydrogen-bond donors (Lipinski definition) is 1. The summed E-state index contributed by atoms with van der Waals surface area (Å²) in [7, 11) is 0. The van der Waals surface area contributed by atoms with Crippen molar-refractivity contribution in [3.05, 3.63) is 0 Å². The number of alkyl halides is 2. The van der Waals surface area contributed by atoms with E-state index < -0.39 is 21.5 Å². The Kier molecular flexibility index (Phi) is 4.35. The van der Waals surface area contributed by atoms with Crippen LogP contribution in [0.5, 0.6) is 0 Å². The predicted octanol–water partition coefficient (Wildman–Crippen LogP) is 4.63. The molecule has 0 heterocycles. The number of aliphatic hydroxyl groups is 1. The number of carbonyl (C=O) groups is 2. The molecule has 0 aromatic rings. The number of hydrogen-bond acceptors (Lipinski definition) is 3. The highest BCUT2D eigenvalue weighted by Gasteiger charge is 2.71. The highest BCUT2D eigenvalue weighted by molar-refractivity contribution is 9.10. The van der Waals surface area contributed by atoms with Gasteiger partial charge in [-0.15, -0.1) is 0 Å². The molecule has 0 aromatic heterocycles. The van der Waals surface area contributed by atoms with Crippen LogP contribution in [0.3, 0.4) is 0 Å². The van der Waals surface area contributed by atoms with E-state index in [9.17, 15) is 14.7 Å². The summed E-state index contributed by atoms with van der Waals surface area (Å²) in [6, 6.07) is 0. The molecule has 0 aliphatic heterocycles. The van der Waals surface area contributed by atoms with Gasteiger partial charge in [-0.25, -0.2) is 4.39 Å². The van der Waals surface area contributed by atoms with Gasteiger partial charge in [-0.3, -0.25) is 9.59 Å². The first-order valence-electron chi connectivity index (χ1n) is 10.5.